The van der Waals surface area contributed by atoms with E-state index in [0.29, 0.717) is 41.5 Å². The SMILES string of the molecule is Cc1ccc(CSCCNC(=O)C2CCCN(S(=O)(=O)Cc3c(Cl)cccc3Cl)C2)cc1. The highest BCUT2D eigenvalue weighted by Crippen LogP contribution is 2.29. The number of thioether (sulfide) groups is 1. The van der Waals surface area contributed by atoms with Crippen LogP contribution in [0.15, 0.2) is 42.5 Å². The highest BCUT2D eigenvalue weighted by atomic mass is 35.5. The second-order valence-corrected chi connectivity index (χ2v) is 11.9. The molecule has 0 saturated carbocycles. The predicted octanol–water partition coefficient (Wildman–Crippen LogP) is 4.89. The Balaban J connectivity index is 1.47. The maximum atomic E-state index is 13.0. The summed E-state index contributed by atoms with van der Waals surface area (Å²) < 4.78 is 27.3. The van der Waals surface area contributed by atoms with E-state index >= 15 is 0 Å². The standard InChI is InChI=1S/C23H28Cl2N2O3S2/c1-17-7-9-18(10-8-17)15-31-13-11-26-23(28)19-4-3-12-27(14-19)32(29,30)16-20-21(24)5-2-6-22(20)25/h2,5-10,19H,3-4,11-16H2,1H3,(H,26,28). The second kappa shape index (κ2) is 11.7. The molecule has 2 aromatic carbocycles. The number of aryl methyl sites for hydroxylation is 1. The van der Waals surface area contributed by atoms with Crippen molar-refractivity contribution in [2.24, 2.45) is 5.92 Å². The lowest BCUT2D eigenvalue weighted by Crippen LogP contribution is -2.46. The van der Waals surface area contributed by atoms with Crippen LogP contribution in [-0.2, 0) is 26.3 Å². The molecule has 32 heavy (non-hydrogen) atoms. The molecule has 174 valence electrons. The highest BCUT2D eigenvalue weighted by Gasteiger charge is 2.33. The maximum absolute atomic E-state index is 13.0. The summed E-state index contributed by atoms with van der Waals surface area (Å²) in [6.45, 7) is 3.22. The summed E-state index contributed by atoms with van der Waals surface area (Å²) in [5, 5.41) is 3.62. The third-order valence-electron chi connectivity index (χ3n) is 5.47. The van der Waals surface area contributed by atoms with E-state index in [0.717, 1.165) is 11.5 Å². The molecule has 1 atom stereocenters. The summed E-state index contributed by atoms with van der Waals surface area (Å²) in [4.78, 5) is 12.6. The van der Waals surface area contributed by atoms with E-state index in [1.165, 1.54) is 15.4 Å². The van der Waals surface area contributed by atoms with Crippen LogP contribution in [0.1, 0.15) is 29.5 Å². The van der Waals surface area contributed by atoms with E-state index in [9.17, 15) is 13.2 Å². The number of carbonyl (C=O) groups excluding carboxylic acids is 1. The van der Waals surface area contributed by atoms with E-state index < -0.39 is 10.0 Å². The summed E-state index contributed by atoms with van der Waals surface area (Å²) in [6, 6.07) is 13.4. The van der Waals surface area contributed by atoms with Crippen molar-refractivity contribution in [3.8, 4) is 0 Å². The van der Waals surface area contributed by atoms with Gasteiger partial charge in [-0.2, -0.15) is 11.8 Å². The molecule has 1 saturated heterocycles. The Bertz CT molecular complexity index is 1010. The van der Waals surface area contributed by atoms with E-state index in [1.54, 1.807) is 30.0 Å². The van der Waals surface area contributed by atoms with Gasteiger partial charge in [0.1, 0.15) is 0 Å². The zero-order chi connectivity index (χ0) is 23.1. The number of hydrogen-bond donors (Lipinski definition) is 1. The fourth-order valence-electron chi connectivity index (χ4n) is 3.62. The fourth-order valence-corrected chi connectivity index (χ4v) is 6.80. The number of benzene rings is 2. The number of piperidine rings is 1. The molecule has 0 bridgehead atoms. The Morgan fingerprint density at radius 2 is 1.84 bits per heavy atom. The van der Waals surface area contributed by atoms with Gasteiger partial charge < -0.3 is 5.32 Å². The number of carbonyl (C=O) groups is 1. The zero-order valence-electron chi connectivity index (χ0n) is 18.0. The van der Waals surface area contributed by atoms with Crippen molar-refractivity contribution < 1.29 is 13.2 Å². The number of hydrogen-bond acceptors (Lipinski definition) is 4. The predicted molar refractivity (Wildman–Crippen MR) is 134 cm³/mol. The van der Waals surface area contributed by atoms with E-state index in [1.807, 2.05) is 0 Å². The molecule has 1 aliphatic rings. The van der Waals surface area contributed by atoms with Crippen LogP contribution >= 0.6 is 35.0 Å². The lowest BCUT2D eigenvalue weighted by atomic mass is 9.99. The first kappa shape index (κ1) is 25.4. The molecule has 0 radical (unpaired) electrons. The first-order valence-corrected chi connectivity index (χ1v) is 14.1. The van der Waals surface area contributed by atoms with Crippen LogP contribution in [0.2, 0.25) is 10.0 Å². The third-order valence-corrected chi connectivity index (χ3v) is 8.98. The zero-order valence-corrected chi connectivity index (χ0v) is 21.2. The van der Waals surface area contributed by atoms with Crippen molar-refractivity contribution in [2.45, 2.75) is 31.3 Å². The average molecular weight is 516 g/mol. The molecule has 9 heteroatoms. The highest BCUT2D eigenvalue weighted by molar-refractivity contribution is 7.98. The van der Waals surface area contributed by atoms with Crippen molar-refractivity contribution in [1.82, 2.24) is 9.62 Å². The monoisotopic (exact) mass is 514 g/mol. The molecule has 1 fully saturated rings. The molecule has 1 N–H and O–H groups in total. The van der Waals surface area contributed by atoms with Crippen LogP contribution in [-0.4, -0.2) is 44.0 Å². The molecule has 0 aromatic heterocycles. The number of rotatable bonds is 9. The minimum absolute atomic E-state index is 0.0865. The molecule has 1 unspecified atom stereocenters. The van der Waals surface area contributed by atoms with Gasteiger partial charge in [-0.25, -0.2) is 12.7 Å². The van der Waals surface area contributed by atoms with E-state index in [-0.39, 0.29) is 24.1 Å². The molecular formula is C23H28Cl2N2O3S2. The first-order valence-electron chi connectivity index (χ1n) is 10.6. The van der Waals surface area contributed by atoms with Crippen molar-refractivity contribution >= 4 is 50.9 Å². The molecular weight excluding hydrogens is 487 g/mol. The van der Waals surface area contributed by atoms with Gasteiger partial charge in [0.15, 0.2) is 0 Å². The minimum Gasteiger partial charge on any atom is -0.355 e. The van der Waals surface area contributed by atoms with Gasteiger partial charge in [0, 0.05) is 46.7 Å². The Morgan fingerprint density at radius 1 is 1.16 bits per heavy atom. The van der Waals surface area contributed by atoms with Gasteiger partial charge in [0.05, 0.1) is 11.7 Å². The lowest BCUT2D eigenvalue weighted by Gasteiger charge is -2.31. The number of nitrogens with zero attached hydrogens (tertiary/aromatic N) is 1. The summed E-state index contributed by atoms with van der Waals surface area (Å²) in [5.74, 6) is 1.00. The summed E-state index contributed by atoms with van der Waals surface area (Å²) >= 11 is 14.1. The molecule has 5 nitrogen and oxygen atoms in total. The molecule has 0 spiro atoms. The van der Waals surface area contributed by atoms with Crippen molar-refractivity contribution in [3.05, 3.63) is 69.2 Å². The van der Waals surface area contributed by atoms with Gasteiger partial charge in [-0.15, -0.1) is 0 Å². The van der Waals surface area contributed by atoms with Gasteiger partial charge in [-0.1, -0.05) is 59.1 Å². The molecule has 1 heterocycles. The molecule has 0 aliphatic carbocycles. The topological polar surface area (TPSA) is 66.5 Å². The van der Waals surface area contributed by atoms with Gasteiger partial charge in [0.25, 0.3) is 0 Å². The van der Waals surface area contributed by atoms with Crippen molar-refractivity contribution in [1.29, 1.82) is 0 Å². The number of halogens is 2. The Hall–Kier alpha value is -1.25. The average Bonchev–Trinajstić information content (AvgIpc) is 2.77. The van der Waals surface area contributed by atoms with Crippen LogP contribution in [0.25, 0.3) is 0 Å². The number of nitrogens with one attached hydrogen (secondary N) is 1. The summed E-state index contributed by atoms with van der Waals surface area (Å²) in [5.41, 5.74) is 2.90. The fraction of sp³-hybridized carbons (Fsp3) is 0.435. The molecule has 2 aromatic rings. The van der Waals surface area contributed by atoms with E-state index in [4.69, 9.17) is 23.2 Å². The quantitative estimate of drug-likeness (QED) is 0.483. The second-order valence-electron chi connectivity index (χ2n) is 7.98. The maximum Gasteiger partial charge on any atom is 0.224 e. The lowest BCUT2D eigenvalue weighted by molar-refractivity contribution is -0.125. The molecule has 3 rings (SSSR count). The van der Waals surface area contributed by atoms with Gasteiger partial charge in [-0.05, 0) is 37.5 Å². The van der Waals surface area contributed by atoms with Gasteiger partial charge in [0.2, 0.25) is 15.9 Å². The third kappa shape index (κ3) is 7.12. The van der Waals surface area contributed by atoms with Crippen LogP contribution in [0.3, 0.4) is 0 Å². The van der Waals surface area contributed by atoms with Crippen LogP contribution in [0.4, 0.5) is 0 Å². The van der Waals surface area contributed by atoms with E-state index in [2.05, 4.69) is 36.5 Å². The smallest absolute Gasteiger partial charge is 0.224 e. The van der Waals surface area contributed by atoms with Crippen LogP contribution < -0.4 is 5.32 Å². The van der Waals surface area contributed by atoms with Crippen LogP contribution in [0, 0.1) is 12.8 Å². The number of amides is 1. The van der Waals surface area contributed by atoms with Gasteiger partial charge >= 0.3 is 0 Å². The Labute approximate surface area is 204 Å². The summed E-state index contributed by atoms with van der Waals surface area (Å²) in [7, 11) is -3.63. The Kier molecular flexibility index (Phi) is 9.32. The first-order chi connectivity index (χ1) is 15.3. The largest absolute Gasteiger partial charge is 0.355 e. The van der Waals surface area contributed by atoms with Crippen molar-refractivity contribution in [2.75, 3.05) is 25.4 Å². The normalized spacial score (nSPS) is 17.3. The number of sulfonamides is 1. The molecule has 1 aliphatic heterocycles. The molecule has 1 amide bonds. The van der Waals surface area contributed by atoms with Gasteiger partial charge in [-0.3, -0.25) is 4.79 Å². The van der Waals surface area contributed by atoms with Crippen molar-refractivity contribution in [3.63, 3.8) is 0 Å². The Morgan fingerprint density at radius 3 is 2.53 bits per heavy atom. The minimum atomic E-state index is -3.63. The summed E-state index contributed by atoms with van der Waals surface area (Å²) in [6.07, 6.45) is 1.33. The van der Waals surface area contributed by atoms with Crippen LogP contribution in [0.5, 0.6) is 0 Å².